The summed E-state index contributed by atoms with van der Waals surface area (Å²) in [7, 11) is 0. The fourth-order valence-electron chi connectivity index (χ4n) is 1.06. The van der Waals surface area contributed by atoms with Crippen LogP contribution in [0.5, 0.6) is 0 Å². The predicted octanol–water partition coefficient (Wildman–Crippen LogP) is 0.476. The highest BCUT2D eigenvalue weighted by atomic mass is 32.2. The third kappa shape index (κ3) is 1.86. The molecule has 0 aromatic carbocycles. The summed E-state index contributed by atoms with van der Waals surface area (Å²) >= 11 is 1.16. The third-order valence-corrected chi connectivity index (χ3v) is 2.93. The molecule has 1 aliphatic rings. The Balaban J connectivity index is 2.37. The third-order valence-electron chi connectivity index (χ3n) is 1.81. The number of aliphatic carboxylic acids is 1. The lowest BCUT2D eigenvalue weighted by Gasteiger charge is -2.31. The van der Waals surface area contributed by atoms with E-state index >= 15 is 0 Å². The van der Waals surface area contributed by atoms with E-state index in [1.54, 1.807) is 0 Å². The summed E-state index contributed by atoms with van der Waals surface area (Å²) in [4.78, 5) is 10.4. The minimum atomic E-state index is -0.769. The van der Waals surface area contributed by atoms with Gasteiger partial charge in [-0.1, -0.05) is 11.8 Å². The van der Waals surface area contributed by atoms with Crippen LogP contribution in [0.4, 0.5) is 0 Å². The van der Waals surface area contributed by atoms with Crippen molar-refractivity contribution in [2.24, 2.45) is 11.7 Å². The minimum Gasteiger partial charge on any atom is -0.481 e. The maximum Gasteiger partial charge on any atom is 0.307 e. The van der Waals surface area contributed by atoms with Gasteiger partial charge in [0.2, 0.25) is 0 Å². The number of hydrogen-bond acceptors (Lipinski definition) is 3. The van der Waals surface area contributed by atoms with E-state index in [-0.39, 0.29) is 16.3 Å². The number of hydrogen-bond donors (Lipinski definition) is 3. The van der Waals surface area contributed by atoms with Crippen molar-refractivity contribution in [3.8, 4) is 0 Å². The van der Waals surface area contributed by atoms with Gasteiger partial charge in [0.25, 0.3) is 0 Å². The van der Waals surface area contributed by atoms with Crippen LogP contribution in [0.1, 0.15) is 12.8 Å². The van der Waals surface area contributed by atoms with Crippen molar-refractivity contribution in [2.45, 2.75) is 18.1 Å². The molecule has 0 aromatic heterocycles. The molecule has 1 rings (SSSR count). The molecule has 2 atom stereocenters. The molecule has 4 nitrogen and oxygen atoms in total. The van der Waals surface area contributed by atoms with E-state index < -0.39 is 5.97 Å². The summed E-state index contributed by atoms with van der Waals surface area (Å²) in [6, 6.07) is 0. The molecule has 0 radical (unpaired) electrons. The summed E-state index contributed by atoms with van der Waals surface area (Å²) in [5.41, 5.74) is 5.12. The molecule has 11 heavy (non-hydrogen) atoms. The van der Waals surface area contributed by atoms with Gasteiger partial charge in [-0.15, -0.1) is 0 Å². The molecule has 4 N–H and O–H groups in total. The Morgan fingerprint density at radius 3 is 2.55 bits per heavy atom. The maximum absolute atomic E-state index is 10.4. The Morgan fingerprint density at radius 2 is 2.27 bits per heavy atom. The van der Waals surface area contributed by atoms with Gasteiger partial charge < -0.3 is 10.8 Å². The van der Waals surface area contributed by atoms with Crippen molar-refractivity contribution in [3.63, 3.8) is 0 Å². The molecule has 0 heterocycles. The highest BCUT2D eigenvalue weighted by Crippen LogP contribution is 2.37. The van der Waals surface area contributed by atoms with Gasteiger partial charge in [-0.3, -0.25) is 10.2 Å². The van der Waals surface area contributed by atoms with Crippen LogP contribution in [0.15, 0.2) is 0 Å². The van der Waals surface area contributed by atoms with Crippen molar-refractivity contribution < 1.29 is 9.90 Å². The quantitative estimate of drug-likeness (QED) is 0.419. The van der Waals surface area contributed by atoms with E-state index in [9.17, 15) is 4.79 Å². The molecule has 0 bridgehead atoms. The fraction of sp³-hybridized carbons (Fsp3) is 0.667. The van der Waals surface area contributed by atoms with Crippen molar-refractivity contribution in [1.82, 2.24) is 0 Å². The summed E-state index contributed by atoms with van der Waals surface area (Å²) in [5, 5.41) is 15.6. The van der Waals surface area contributed by atoms with E-state index in [2.05, 4.69) is 0 Å². The van der Waals surface area contributed by atoms with Gasteiger partial charge in [-0.2, -0.15) is 0 Å². The molecule has 0 spiro atoms. The Morgan fingerprint density at radius 1 is 1.64 bits per heavy atom. The number of rotatable bonds is 2. The van der Waals surface area contributed by atoms with Crippen LogP contribution in [0.25, 0.3) is 0 Å². The van der Waals surface area contributed by atoms with Crippen molar-refractivity contribution in [1.29, 1.82) is 5.41 Å². The second kappa shape index (κ2) is 3.13. The first-order chi connectivity index (χ1) is 5.11. The maximum atomic E-state index is 10.4. The molecule has 1 saturated carbocycles. The predicted molar refractivity (Wildman–Crippen MR) is 43.7 cm³/mol. The highest BCUT2D eigenvalue weighted by Gasteiger charge is 2.37. The van der Waals surface area contributed by atoms with E-state index in [1.165, 1.54) is 0 Å². The zero-order chi connectivity index (χ0) is 8.43. The molecule has 0 saturated heterocycles. The molecular formula is C6H10N2O2S. The lowest BCUT2D eigenvalue weighted by molar-refractivity contribution is -0.144. The van der Waals surface area contributed by atoms with Gasteiger partial charge in [0, 0.05) is 5.25 Å². The van der Waals surface area contributed by atoms with E-state index in [0.717, 1.165) is 24.6 Å². The molecule has 5 heteroatoms. The molecule has 62 valence electrons. The highest BCUT2D eigenvalue weighted by molar-refractivity contribution is 8.14. The first kappa shape index (κ1) is 8.39. The molecule has 0 unspecified atom stereocenters. The summed E-state index contributed by atoms with van der Waals surface area (Å²) in [6.45, 7) is 0. The largest absolute Gasteiger partial charge is 0.481 e. The second-order valence-corrected chi connectivity index (χ2v) is 3.82. The molecule has 0 amide bonds. The zero-order valence-corrected chi connectivity index (χ0v) is 6.73. The average Bonchev–Trinajstić information content (AvgIpc) is 1.78. The van der Waals surface area contributed by atoms with Crippen LogP contribution in [0.2, 0.25) is 0 Å². The van der Waals surface area contributed by atoms with Crippen LogP contribution >= 0.6 is 11.8 Å². The average molecular weight is 174 g/mol. The Hall–Kier alpha value is -0.710. The Labute approximate surface area is 68.7 Å². The van der Waals surface area contributed by atoms with E-state index in [1.807, 2.05) is 0 Å². The van der Waals surface area contributed by atoms with Crippen LogP contribution in [0.3, 0.4) is 0 Å². The van der Waals surface area contributed by atoms with Crippen LogP contribution < -0.4 is 5.73 Å². The van der Waals surface area contributed by atoms with Gasteiger partial charge >= 0.3 is 5.97 Å². The number of carboxylic acids is 1. The Bertz CT molecular complexity index is 195. The molecule has 1 fully saturated rings. The smallest absolute Gasteiger partial charge is 0.307 e. The van der Waals surface area contributed by atoms with Crippen LogP contribution in [0, 0.1) is 11.3 Å². The Kier molecular flexibility index (Phi) is 2.38. The first-order valence-electron chi connectivity index (χ1n) is 3.34. The summed E-state index contributed by atoms with van der Waals surface area (Å²) in [6.07, 6.45) is 1.58. The second-order valence-electron chi connectivity index (χ2n) is 2.54. The number of nitrogens with two attached hydrogens (primary N) is 1. The molecule has 1 aliphatic carbocycles. The fourth-order valence-corrected chi connectivity index (χ4v) is 2.05. The zero-order valence-electron chi connectivity index (χ0n) is 5.91. The lowest BCUT2D eigenvalue weighted by atomic mass is 9.85. The van der Waals surface area contributed by atoms with Crippen molar-refractivity contribution in [2.75, 3.05) is 0 Å². The lowest BCUT2D eigenvalue weighted by Crippen LogP contribution is -2.36. The number of thioether (sulfide) groups is 1. The first-order valence-corrected chi connectivity index (χ1v) is 4.22. The molecule has 0 aromatic rings. The summed E-state index contributed by atoms with van der Waals surface area (Å²) < 4.78 is 0. The normalized spacial score (nSPS) is 29.1. The van der Waals surface area contributed by atoms with Gasteiger partial charge in [-0.05, 0) is 12.8 Å². The van der Waals surface area contributed by atoms with Crippen molar-refractivity contribution in [3.05, 3.63) is 0 Å². The topological polar surface area (TPSA) is 87.2 Å². The van der Waals surface area contributed by atoms with Crippen LogP contribution in [-0.2, 0) is 4.79 Å². The van der Waals surface area contributed by atoms with E-state index in [4.69, 9.17) is 16.2 Å². The molecular weight excluding hydrogens is 164 g/mol. The van der Waals surface area contributed by atoms with Gasteiger partial charge in [0.05, 0.1) is 5.92 Å². The SMILES string of the molecule is N=C(N)S[C@H]1CC[C@@H]1C(=O)O. The monoisotopic (exact) mass is 174 g/mol. The summed E-state index contributed by atoms with van der Waals surface area (Å²) in [5.74, 6) is -1.06. The number of nitrogens with one attached hydrogen (secondary N) is 1. The minimum absolute atomic E-state index is 0.0148. The van der Waals surface area contributed by atoms with Gasteiger partial charge in [-0.25, -0.2) is 0 Å². The van der Waals surface area contributed by atoms with Gasteiger partial charge in [0.15, 0.2) is 5.17 Å². The standard InChI is InChI=1S/C6H10N2O2S/c7-6(8)11-4-2-1-3(4)5(9)10/h3-4H,1-2H2,(H3,7,8)(H,9,10)/t3-,4-/m0/s1. The molecule has 0 aliphatic heterocycles. The van der Waals surface area contributed by atoms with E-state index in [0.29, 0.717) is 0 Å². The van der Waals surface area contributed by atoms with Crippen molar-refractivity contribution >= 4 is 22.9 Å². The number of amidine groups is 1. The number of carboxylic acid groups (broad SMARTS) is 1. The van der Waals surface area contributed by atoms with Gasteiger partial charge in [0.1, 0.15) is 0 Å². The van der Waals surface area contributed by atoms with Crippen LogP contribution in [-0.4, -0.2) is 21.5 Å². The number of carbonyl (C=O) groups is 1.